The van der Waals surface area contributed by atoms with Crippen molar-refractivity contribution in [1.82, 2.24) is 0 Å². The maximum Gasteiger partial charge on any atom is 0.260 e. The fourth-order valence-electron chi connectivity index (χ4n) is 6.12. The van der Waals surface area contributed by atoms with Crippen molar-refractivity contribution < 1.29 is 0 Å². The van der Waals surface area contributed by atoms with Crippen LogP contribution in [0.25, 0.3) is 0 Å². The molecule has 0 atom stereocenters. The monoisotopic (exact) mass is 681 g/mol. The largest absolute Gasteiger partial charge is 0.378 e. The van der Waals surface area contributed by atoms with E-state index < -0.39 is 7.38 Å². The Hall–Kier alpha value is -3.63. The van der Waals surface area contributed by atoms with Crippen molar-refractivity contribution >= 4 is 85.2 Å². The van der Waals surface area contributed by atoms with Gasteiger partial charge < -0.3 is 44.1 Å². The lowest BCUT2D eigenvalue weighted by Crippen LogP contribution is -2.67. The minimum Gasteiger partial charge on any atom is -0.378 e. The van der Waals surface area contributed by atoms with Crippen LogP contribution in [0, 0.1) is 0 Å². The van der Waals surface area contributed by atoms with E-state index in [0.29, 0.717) is 0 Å². The third-order valence-electron chi connectivity index (χ3n) is 8.72. The highest BCUT2D eigenvalue weighted by molar-refractivity contribution is 7.42. The molecule has 3 rings (SSSR count). The summed E-state index contributed by atoms with van der Waals surface area (Å²) in [4.78, 5) is 19.9. The molecule has 0 unspecified atom stereocenters. The van der Waals surface area contributed by atoms with Gasteiger partial charge in [-0.15, -0.1) is 11.1 Å². The number of nitrogens with zero attached hydrogens (tertiary/aromatic N) is 9. The molecule has 260 valence electrons. The number of hydrogen-bond donors (Lipinski definition) is 0. The lowest BCUT2D eigenvalue weighted by molar-refractivity contribution is 1.08. The molecular weight excluding hydrogens is 622 g/mol. The number of anilines is 9. The van der Waals surface area contributed by atoms with Crippen molar-refractivity contribution in [1.29, 1.82) is 0 Å². The Kier molecular flexibility index (Phi) is 11.5. The van der Waals surface area contributed by atoms with Crippen LogP contribution >= 0.6 is 11.1 Å². The molecule has 0 N–H and O–H groups in total. The molecule has 0 saturated heterocycles. The maximum atomic E-state index is 8.94. The van der Waals surface area contributed by atoms with Gasteiger partial charge in [-0.3, -0.25) is 0 Å². The molecule has 0 radical (unpaired) electrons. The number of halogens is 1. The van der Waals surface area contributed by atoms with Gasteiger partial charge in [0.1, 0.15) is 0 Å². The van der Waals surface area contributed by atoms with Crippen LogP contribution in [0.5, 0.6) is 0 Å². The van der Waals surface area contributed by atoms with E-state index in [4.69, 9.17) is 11.1 Å². The van der Waals surface area contributed by atoms with Gasteiger partial charge >= 0.3 is 0 Å². The topological polar surface area (TPSA) is 29.2 Å². The van der Waals surface area contributed by atoms with E-state index >= 15 is 0 Å². The van der Waals surface area contributed by atoms with Crippen LogP contribution in [-0.2, 0) is 0 Å². The van der Waals surface area contributed by atoms with E-state index in [-0.39, 0.29) is 0 Å². The van der Waals surface area contributed by atoms with Gasteiger partial charge in [0.25, 0.3) is 7.38 Å². The molecule has 11 heteroatoms. The standard InChI is InChI=1S/C36H60ClN9Si/c1-38(2)25-19-28(41(7)8)34(29(20-25)42(9)10)47(37,35-30(43(11)12)21-26(39(3)4)22-31(35)44(13)14)36-32(45(15)16)23-27(40(5)6)24-33(36)46(17)18/h19-24H,1-18H3. The van der Waals surface area contributed by atoms with Crippen LogP contribution in [0.15, 0.2) is 36.4 Å². The Balaban J connectivity index is 2.93. The van der Waals surface area contributed by atoms with Crippen LogP contribution < -0.4 is 59.7 Å². The summed E-state index contributed by atoms with van der Waals surface area (Å²) >= 11 is 8.94. The lowest BCUT2D eigenvalue weighted by Gasteiger charge is -2.42. The third-order valence-corrected chi connectivity index (χ3v) is 14.0. The Labute approximate surface area is 291 Å². The van der Waals surface area contributed by atoms with Crippen molar-refractivity contribution in [2.24, 2.45) is 0 Å². The molecule has 0 aliphatic heterocycles. The van der Waals surface area contributed by atoms with Gasteiger partial charge in [0, 0.05) is 194 Å². The predicted molar refractivity (Wildman–Crippen MR) is 219 cm³/mol. The van der Waals surface area contributed by atoms with Crippen molar-refractivity contribution in [3.8, 4) is 0 Å². The summed E-state index contributed by atoms with van der Waals surface area (Å²) in [6.45, 7) is 0. The van der Waals surface area contributed by atoms with Gasteiger partial charge in [0.15, 0.2) is 0 Å². The molecule has 0 aliphatic rings. The van der Waals surface area contributed by atoms with Crippen molar-refractivity contribution in [3.63, 3.8) is 0 Å². The first kappa shape index (κ1) is 37.8. The smallest absolute Gasteiger partial charge is 0.260 e. The average Bonchev–Trinajstić information content (AvgIpc) is 2.98. The van der Waals surface area contributed by atoms with Gasteiger partial charge in [-0.2, -0.15) is 0 Å². The number of rotatable bonds is 12. The molecule has 0 saturated carbocycles. The molecule has 0 bridgehead atoms. The van der Waals surface area contributed by atoms with Crippen molar-refractivity contribution in [2.45, 2.75) is 0 Å². The predicted octanol–water partition coefficient (Wildman–Crippen LogP) is 3.49. The summed E-state index contributed by atoms with van der Waals surface area (Å²) in [5, 5.41) is 3.48. The molecule has 47 heavy (non-hydrogen) atoms. The van der Waals surface area contributed by atoms with Crippen LogP contribution in [0.4, 0.5) is 51.2 Å². The second-order valence-corrected chi connectivity index (χ2v) is 18.8. The third kappa shape index (κ3) is 7.13. The lowest BCUT2D eigenvalue weighted by atomic mass is 10.2. The van der Waals surface area contributed by atoms with Crippen molar-refractivity contribution in [2.75, 3.05) is 171 Å². The Morgan fingerprint density at radius 2 is 0.447 bits per heavy atom. The Morgan fingerprint density at radius 3 is 0.553 bits per heavy atom. The first-order chi connectivity index (χ1) is 21.7. The molecule has 3 aromatic carbocycles. The minimum atomic E-state index is -3.53. The molecule has 0 amide bonds. The number of hydrogen-bond acceptors (Lipinski definition) is 9. The van der Waals surface area contributed by atoms with Crippen LogP contribution in [0.2, 0.25) is 0 Å². The molecule has 0 spiro atoms. The molecule has 0 aliphatic carbocycles. The van der Waals surface area contributed by atoms with E-state index in [1.807, 2.05) is 0 Å². The highest BCUT2D eigenvalue weighted by atomic mass is 35.6. The second kappa shape index (κ2) is 14.2. The van der Waals surface area contributed by atoms with Gasteiger partial charge in [0.05, 0.1) is 0 Å². The first-order valence-corrected chi connectivity index (χ1v) is 19.0. The van der Waals surface area contributed by atoms with Gasteiger partial charge in [-0.05, 0) is 36.4 Å². The second-order valence-electron chi connectivity index (χ2n) is 14.3. The number of benzene rings is 3. The van der Waals surface area contributed by atoms with E-state index in [1.54, 1.807) is 0 Å². The van der Waals surface area contributed by atoms with Crippen LogP contribution in [0.3, 0.4) is 0 Å². The minimum absolute atomic E-state index is 1.11. The van der Waals surface area contributed by atoms with Gasteiger partial charge in [-0.25, -0.2) is 0 Å². The van der Waals surface area contributed by atoms with Gasteiger partial charge in [-0.1, -0.05) is 0 Å². The van der Waals surface area contributed by atoms with E-state index in [9.17, 15) is 0 Å². The summed E-state index contributed by atoms with van der Waals surface area (Å²) in [6, 6.07) is 13.8. The zero-order valence-corrected chi connectivity index (χ0v) is 34.1. The SMILES string of the molecule is CN(C)c1cc(N(C)C)c([Si](Cl)(c2c(N(C)C)cc(N(C)C)cc2N(C)C)c2c(N(C)C)cc(N(C)C)cc2N(C)C)c(N(C)C)c1. The van der Waals surface area contributed by atoms with Crippen molar-refractivity contribution in [3.05, 3.63) is 36.4 Å². The zero-order valence-electron chi connectivity index (χ0n) is 32.4. The van der Waals surface area contributed by atoms with E-state index in [2.05, 4.69) is 207 Å². The van der Waals surface area contributed by atoms with Gasteiger partial charge in [0.2, 0.25) is 0 Å². The highest BCUT2D eigenvalue weighted by Crippen LogP contribution is 2.39. The van der Waals surface area contributed by atoms with E-state index in [0.717, 1.165) is 66.7 Å². The summed E-state index contributed by atoms with van der Waals surface area (Å²) in [7, 11) is 34.7. The zero-order chi connectivity index (χ0) is 35.9. The maximum absolute atomic E-state index is 8.94. The molecular formula is C36H60ClN9Si. The van der Waals surface area contributed by atoms with Crippen LogP contribution in [0.1, 0.15) is 0 Å². The van der Waals surface area contributed by atoms with Crippen LogP contribution in [-0.4, -0.2) is 134 Å². The molecule has 3 aromatic rings. The normalized spacial score (nSPS) is 11.3. The van der Waals surface area contributed by atoms with E-state index in [1.165, 1.54) is 0 Å². The fraction of sp³-hybridized carbons (Fsp3) is 0.500. The Bertz CT molecular complexity index is 1290. The molecule has 0 heterocycles. The summed E-state index contributed by atoms with van der Waals surface area (Å²) in [5.41, 5.74) is 10.0. The highest BCUT2D eigenvalue weighted by Gasteiger charge is 2.50. The Morgan fingerprint density at radius 1 is 0.298 bits per heavy atom. The molecule has 9 nitrogen and oxygen atoms in total. The fourth-order valence-corrected chi connectivity index (χ4v) is 12.5. The molecule has 0 fully saturated rings. The summed E-state index contributed by atoms with van der Waals surface area (Å²) in [5.74, 6) is 0. The average molecular weight is 682 g/mol. The summed E-state index contributed by atoms with van der Waals surface area (Å²) < 4.78 is 0. The molecule has 0 aromatic heterocycles. The summed E-state index contributed by atoms with van der Waals surface area (Å²) in [6.07, 6.45) is 0. The first-order valence-electron chi connectivity index (χ1n) is 16.0. The quantitative estimate of drug-likeness (QED) is 0.162.